The van der Waals surface area contributed by atoms with Crippen molar-refractivity contribution >= 4 is 5.69 Å². The van der Waals surface area contributed by atoms with E-state index >= 15 is 0 Å². The highest BCUT2D eigenvalue weighted by atomic mass is 16.3. The van der Waals surface area contributed by atoms with Crippen LogP contribution in [0.4, 0.5) is 5.69 Å². The van der Waals surface area contributed by atoms with Crippen molar-refractivity contribution < 1.29 is 5.11 Å². The summed E-state index contributed by atoms with van der Waals surface area (Å²) in [5.74, 6) is 0. The number of hydrogen-bond acceptors (Lipinski definition) is 5. The van der Waals surface area contributed by atoms with Crippen LogP contribution in [0.1, 0.15) is 12.0 Å². The van der Waals surface area contributed by atoms with Gasteiger partial charge in [0.2, 0.25) is 0 Å². The van der Waals surface area contributed by atoms with Gasteiger partial charge in [0.15, 0.2) is 0 Å². The van der Waals surface area contributed by atoms with Gasteiger partial charge < -0.3 is 14.9 Å². The van der Waals surface area contributed by atoms with Gasteiger partial charge in [-0.25, -0.2) is 0 Å². The van der Waals surface area contributed by atoms with E-state index in [9.17, 15) is 5.11 Å². The molecule has 1 aromatic heterocycles. The summed E-state index contributed by atoms with van der Waals surface area (Å²) in [5, 5.41) is 19.0. The van der Waals surface area contributed by atoms with E-state index in [2.05, 4.69) is 20.9 Å². The Morgan fingerprint density at radius 2 is 2.39 bits per heavy atom. The van der Waals surface area contributed by atoms with E-state index in [0.29, 0.717) is 12.1 Å². The molecule has 0 aromatic carbocycles. The first kappa shape index (κ1) is 12.8. The summed E-state index contributed by atoms with van der Waals surface area (Å²) in [6.45, 7) is 1.43. The number of β-amino-alcohol motifs (C(OH)–C–C–N with tert-alkyl or cyclic N) is 1. The fraction of sp³-hybridized carbons (Fsp3) is 0.538. The van der Waals surface area contributed by atoms with Crippen molar-refractivity contribution in [1.82, 2.24) is 9.88 Å². The molecule has 18 heavy (non-hydrogen) atoms. The van der Waals surface area contributed by atoms with Crippen LogP contribution < -0.4 is 4.90 Å². The minimum absolute atomic E-state index is 0.228. The molecule has 1 saturated heterocycles. The summed E-state index contributed by atoms with van der Waals surface area (Å²) in [6, 6.07) is 4.13. The summed E-state index contributed by atoms with van der Waals surface area (Å²) < 4.78 is 0. The van der Waals surface area contributed by atoms with Crippen LogP contribution in [0.5, 0.6) is 0 Å². The van der Waals surface area contributed by atoms with Gasteiger partial charge >= 0.3 is 0 Å². The van der Waals surface area contributed by atoms with E-state index in [1.807, 2.05) is 14.1 Å². The Kier molecular flexibility index (Phi) is 3.80. The lowest BCUT2D eigenvalue weighted by Gasteiger charge is -2.28. The molecule has 5 heteroatoms. The fourth-order valence-corrected chi connectivity index (χ4v) is 2.49. The molecule has 2 heterocycles. The second kappa shape index (κ2) is 5.34. The van der Waals surface area contributed by atoms with Crippen LogP contribution in [0.2, 0.25) is 0 Å². The van der Waals surface area contributed by atoms with Crippen molar-refractivity contribution in [1.29, 1.82) is 5.26 Å². The van der Waals surface area contributed by atoms with Crippen LogP contribution in [0.25, 0.3) is 0 Å². The molecule has 1 N–H and O–H groups in total. The molecule has 5 nitrogen and oxygen atoms in total. The average Bonchev–Trinajstić information content (AvgIpc) is 2.69. The standard InChI is InChI=1S/C13H18N4O/c1-16(2)8-11-5-12(18)9-17(11)13-7-15-4-3-10(13)6-14/h3-4,7,11-12,18H,5,8-9H2,1-2H3. The summed E-state index contributed by atoms with van der Waals surface area (Å²) in [4.78, 5) is 8.28. The monoisotopic (exact) mass is 246 g/mol. The number of nitrogens with zero attached hydrogens (tertiary/aromatic N) is 4. The van der Waals surface area contributed by atoms with Crippen LogP contribution in [0.15, 0.2) is 18.5 Å². The maximum atomic E-state index is 9.84. The van der Waals surface area contributed by atoms with Gasteiger partial charge in [-0.15, -0.1) is 0 Å². The molecule has 2 atom stereocenters. The van der Waals surface area contributed by atoms with E-state index in [4.69, 9.17) is 5.26 Å². The third-order valence-electron chi connectivity index (χ3n) is 3.20. The van der Waals surface area contributed by atoms with Crippen LogP contribution in [-0.2, 0) is 0 Å². The van der Waals surface area contributed by atoms with Crippen molar-refractivity contribution in [2.75, 3.05) is 32.1 Å². The number of rotatable bonds is 3. The predicted molar refractivity (Wildman–Crippen MR) is 69.3 cm³/mol. The van der Waals surface area contributed by atoms with E-state index in [1.165, 1.54) is 0 Å². The third kappa shape index (κ3) is 2.61. The van der Waals surface area contributed by atoms with Gasteiger partial charge in [0.1, 0.15) is 6.07 Å². The zero-order valence-corrected chi connectivity index (χ0v) is 10.7. The maximum absolute atomic E-state index is 9.84. The zero-order valence-electron chi connectivity index (χ0n) is 10.7. The molecule has 1 fully saturated rings. The molecule has 0 amide bonds. The molecular formula is C13H18N4O. The Morgan fingerprint density at radius 1 is 1.61 bits per heavy atom. The van der Waals surface area contributed by atoms with Gasteiger partial charge in [-0.3, -0.25) is 4.98 Å². The van der Waals surface area contributed by atoms with Crippen molar-refractivity contribution in [3.8, 4) is 6.07 Å². The minimum atomic E-state index is -0.332. The minimum Gasteiger partial charge on any atom is -0.391 e. The second-order valence-corrected chi connectivity index (χ2v) is 4.96. The molecule has 0 spiro atoms. The first-order chi connectivity index (χ1) is 8.61. The largest absolute Gasteiger partial charge is 0.391 e. The lowest BCUT2D eigenvalue weighted by atomic mass is 10.1. The molecule has 0 aliphatic carbocycles. The Hall–Kier alpha value is -1.64. The lowest BCUT2D eigenvalue weighted by molar-refractivity contribution is 0.191. The molecule has 1 aliphatic heterocycles. The Morgan fingerprint density at radius 3 is 3.06 bits per heavy atom. The Bertz CT molecular complexity index is 455. The first-order valence-electron chi connectivity index (χ1n) is 6.05. The van der Waals surface area contributed by atoms with E-state index in [-0.39, 0.29) is 12.1 Å². The molecule has 2 unspecified atom stereocenters. The van der Waals surface area contributed by atoms with Crippen LogP contribution >= 0.6 is 0 Å². The molecule has 1 aromatic rings. The van der Waals surface area contributed by atoms with Crippen molar-refractivity contribution in [2.45, 2.75) is 18.6 Å². The SMILES string of the molecule is CN(C)CC1CC(O)CN1c1cnccc1C#N. The lowest BCUT2D eigenvalue weighted by Crippen LogP contribution is -2.38. The van der Waals surface area contributed by atoms with Crippen molar-refractivity contribution in [3.05, 3.63) is 24.0 Å². The molecule has 1 aliphatic rings. The second-order valence-electron chi connectivity index (χ2n) is 4.96. The first-order valence-corrected chi connectivity index (χ1v) is 6.05. The number of nitriles is 1. The number of anilines is 1. The highest BCUT2D eigenvalue weighted by Gasteiger charge is 2.32. The van der Waals surface area contributed by atoms with Crippen molar-refractivity contribution in [2.24, 2.45) is 0 Å². The van der Waals surface area contributed by atoms with Crippen molar-refractivity contribution in [3.63, 3.8) is 0 Å². The zero-order chi connectivity index (χ0) is 13.1. The van der Waals surface area contributed by atoms with Gasteiger partial charge in [0.05, 0.1) is 23.6 Å². The fourth-order valence-electron chi connectivity index (χ4n) is 2.49. The Balaban J connectivity index is 2.27. The summed E-state index contributed by atoms with van der Waals surface area (Å²) in [5.41, 5.74) is 1.44. The predicted octanol–water partition coefficient (Wildman–Crippen LogP) is 0.454. The maximum Gasteiger partial charge on any atom is 0.101 e. The molecule has 96 valence electrons. The van der Waals surface area contributed by atoms with Gasteiger partial charge in [0, 0.05) is 25.3 Å². The van der Waals surface area contributed by atoms with Crippen LogP contribution in [-0.4, -0.2) is 54.3 Å². The highest BCUT2D eigenvalue weighted by molar-refractivity contribution is 5.59. The number of aromatic nitrogens is 1. The summed E-state index contributed by atoms with van der Waals surface area (Å²) in [6.07, 6.45) is 3.73. The highest BCUT2D eigenvalue weighted by Crippen LogP contribution is 2.28. The molecule has 0 radical (unpaired) electrons. The van der Waals surface area contributed by atoms with E-state index < -0.39 is 0 Å². The number of aliphatic hydroxyl groups is 1. The molecule has 0 bridgehead atoms. The Labute approximate surface area is 107 Å². The quantitative estimate of drug-likeness (QED) is 0.839. The topological polar surface area (TPSA) is 63.4 Å². The number of aliphatic hydroxyl groups excluding tert-OH is 1. The normalized spacial score (nSPS) is 23.4. The average molecular weight is 246 g/mol. The van der Waals surface area contributed by atoms with Gasteiger partial charge in [0.25, 0.3) is 0 Å². The summed E-state index contributed by atoms with van der Waals surface area (Å²) >= 11 is 0. The molecular weight excluding hydrogens is 228 g/mol. The molecule has 0 saturated carbocycles. The van der Waals surface area contributed by atoms with Gasteiger partial charge in [-0.2, -0.15) is 5.26 Å². The van der Waals surface area contributed by atoms with Crippen LogP contribution in [0.3, 0.4) is 0 Å². The van der Waals surface area contributed by atoms with Gasteiger partial charge in [-0.1, -0.05) is 0 Å². The third-order valence-corrected chi connectivity index (χ3v) is 3.20. The van der Waals surface area contributed by atoms with E-state index in [0.717, 1.165) is 18.7 Å². The van der Waals surface area contributed by atoms with E-state index in [1.54, 1.807) is 18.5 Å². The summed E-state index contributed by atoms with van der Waals surface area (Å²) in [7, 11) is 4.02. The number of likely N-dealkylation sites (N-methyl/N-ethyl adjacent to an activating group) is 1. The molecule has 2 rings (SSSR count). The number of hydrogen-bond donors (Lipinski definition) is 1. The number of pyridine rings is 1. The van der Waals surface area contributed by atoms with Crippen LogP contribution in [0, 0.1) is 11.3 Å². The smallest absolute Gasteiger partial charge is 0.101 e. The van der Waals surface area contributed by atoms with Gasteiger partial charge in [-0.05, 0) is 26.6 Å².